The zero-order chi connectivity index (χ0) is 25.4. The molecule has 8 heteroatoms. The van der Waals surface area contributed by atoms with Crippen LogP contribution >= 0.6 is 11.3 Å². The minimum Gasteiger partial charge on any atom is -0.322 e. The standard InChI is InChI=1S/C28H27N5O2S/c1-5-32-19(4)21(16-29-32)15-23-27(35)33-25(20-12-7-6-8-13-20)24(18(3)30-28(33)36-23)26(34)31-22-14-10-9-11-17(22)2/h6-16,25H,5H2,1-4H3,(H,31,34)/t25-/m1/s1. The first-order valence-corrected chi connectivity index (χ1v) is 12.7. The van der Waals surface area contributed by atoms with Crippen LogP contribution in [0.25, 0.3) is 6.08 Å². The second kappa shape index (κ2) is 9.54. The van der Waals surface area contributed by atoms with Gasteiger partial charge in [-0.25, -0.2) is 4.99 Å². The second-order valence-corrected chi connectivity index (χ2v) is 9.77. The van der Waals surface area contributed by atoms with Gasteiger partial charge in [0.25, 0.3) is 11.5 Å². The van der Waals surface area contributed by atoms with Crippen LogP contribution in [0.1, 0.15) is 42.3 Å². The number of anilines is 1. The van der Waals surface area contributed by atoms with E-state index in [1.54, 1.807) is 10.8 Å². The molecule has 4 aromatic rings. The van der Waals surface area contributed by atoms with Crippen molar-refractivity contribution in [3.8, 4) is 0 Å². The van der Waals surface area contributed by atoms with Gasteiger partial charge in [-0.2, -0.15) is 5.10 Å². The zero-order valence-electron chi connectivity index (χ0n) is 20.6. The third-order valence-corrected chi connectivity index (χ3v) is 7.49. The number of nitrogens with zero attached hydrogens (tertiary/aromatic N) is 4. The number of aromatic nitrogens is 3. The van der Waals surface area contributed by atoms with Gasteiger partial charge in [0.1, 0.15) is 0 Å². The maximum atomic E-state index is 13.8. The summed E-state index contributed by atoms with van der Waals surface area (Å²) in [5, 5.41) is 7.43. The summed E-state index contributed by atoms with van der Waals surface area (Å²) >= 11 is 1.33. The summed E-state index contributed by atoms with van der Waals surface area (Å²) in [6, 6.07) is 16.7. The van der Waals surface area contributed by atoms with Crippen LogP contribution in [-0.2, 0) is 11.3 Å². The molecule has 0 fully saturated rings. The number of para-hydroxylation sites is 1. The molecule has 1 N–H and O–H groups in total. The molecule has 0 aliphatic carbocycles. The summed E-state index contributed by atoms with van der Waals surface area (Å²) in [4.78, 5) is 32.7. The van der Waals surface area contributed by atoms with Crippen LogP contribution in [-0.4, -0.2) is 20.3 Å². The normalized spacial score (nSPS) is 15.6. The first-order chi connectivity index (χ1) is 17.4. The van der Waals surface area contributed by atoms with E-state index in [9.17, 15) is 9.59 Å². The fraction of sp³-hybridized carbons (Fsp3) is 0.214. The van der Waals surface area contributed by atoms with Crippen molar-refractivity contribution in [3.63, 3.8) is 0 Å². The average Bonchev–Trinajstić information content (AvgIpc) is 3.38. The van der Waals surface area contributed by atoms with Gasteiger partial charge in [-0.15, -0.1) is 0 Å². The minimum absolute atomic E-state index is 0.176. The largest absolute Gasteiger partial charge is 0.322 e. The second-order valence-electron chi connectivity index (χ2n) is 8.76. The fourth-order valence-electron chi connectivity index (χ4n) is 4.53. The van der Waals surface area contributed by atoms with Crippen molar-refractivity contribution in [2.45, 2.75) is 40.3 Å². The summed E-state index contributed by atoms with van der Waals surface area (Å²) < 4.78 is 4.10. The van der Waals surface area contributed by atoms with Crippen LogP contribution in [0.3, 0.4) is 0 Å². The molecule has 7 nitrogen and oxygen atoms in total. The Balaban J connectivity index is 1.67. The number of amides is 1. The zero-order valence-corrected chi connectivity index (χ0v) is 21.5. The van der Waals surface area contributed by atoms with Crippen LogP contribution < -0.4 is 20.2 Å². The topological polar surface area (TPSA) is 81.3 Å². The van der Waals surface area contributed by atoms with Crippen molar-refractivity contribution in [1.82, 2.24) is 14.3 Å². The van der Waals surface area contributed by atoms with Gasteiger partial charge < -0.3 is 5.32 Å². The summed E-state index contributed by atoms with van der Waals surface area (Å²) in [5.41, 5.74) is 5.31. The monoisotopic (exact) mass is 497 g/mol. The smallest absolute Gasteiger partial charge is 0.271 e. The highest BCUT2D eigenvalue weighted by Crippen LogP contribution is 2.31. The third kappa shape index (κ3) is 4.13. The summed E-state index contributed by atoms with van der Waals surface area (Å²) in [6.45, 7) is 8.56. The van der Waals surface area contributed by atoms with Crippen molar-refractivity contribution < 1.29 is 4.79 Å². The van der Waals surface area contributed by atoms with Gasteiger partial charge in [-0.1, -0.05) is 59.9 Å². The SMILES string of the molecule is CCn1ncc(C=c2sc3n(c2=O)[C@H](c2ccccc2)C(C(=O)Nc2ccccc2C)=C(C)N=3)c1C. The molecule has 0 unspecified atom stereocenters. The molecule has 182 valence electrons. The molecule has 0 radical (unpaired) electrons. The highest BCUT2D eigenvalue weighted by molar-refractivity contribution is 7.07. The minimum atomic E-state index is -0.590. The van der Waals surface area contributed by atoms with Crippen LogP contribution in [0, 0.1) is 13.8 Å². The van der Waals surface area contributed by atoms with E-state index in [0.717, 1.165) is 34.6 Å². The maximum Gasteiger partial charge on any atom is 0.271 e. The van der Waals surface area contributed by atoms with E-state index < -0.39 is 6.04 Å². The molecular weight excluding hydrogens is 470 g/mol. The van der Waals surface area contributed by atoms with Crippen LogP contribution in [0.4, 0.5) is 5.69 Å². The predicted molar refractivity (Wildman–Crippen MR) is 143 cm³/mol. The molecule has 0 spiro atoms. The van der Waals surface area contributed by atoms with E-state index in [2.05, 4.69) is 10.4 Å². The highest BCUT2D eigenvalue weighted by Gasteiger charge is 2.32. The Bertz CT molecular complexity index is 1670. The Morgan fingerprint density at radius 2 is 1.81 bits per heavy atom. The molecule has 36 heavy (non-hydrogen) atoms. The molecule has 1 aliphatic heterocycles. The van der Waals surface area contributed by atoms with Crippen molar-refractivity contribution in [2.75, 3.05) is 5.32 Å². The van der Waals surface area contributed by atoms with Crippen LogP contribution in [0.15, 0.2) is 81.9 Å². The van der Waals surface area contributed by atoms with Gasteiger partial charge in [-0.3, -0.25) is 18.8 Å². The first kappa shape index (κ1) is 23.7. The van der Waals surface area contributed by atoms with Crippen LogP contribution in [0.5, 0.6) is 0 Å². The Kier molecular flexibility index (Phi) is 6.28. The number of hydrogen-bond donors (Lipinski definition) is 1. The van der Waals surface area contributed by atoms with Gasteiger partial charge in [0.15, 0.2) is 4.80 Å². The number of allylic oxidation sites excluding steroid dienone is 1. The van der Waals surface area contributed by atoms with Gasteiger partial charge in [0.05, 0.1) is 28.0 Å². The predicted octanol–water partition coefficient (Wildman–Crippen LogP) is 3.71. The number of carbonyl (C=O) groups is 1. The lowest BCUT2D eigenvalue weighted by molar-refractivity contribution is -0.113. The van der Waals surface area contributed by atoms with E-state index in [1.165, 1.54) is 11.3 Å². The van der Waals surface area contributed by atoms with E-state index >= 15 is 0 Å². The molecule has 3 heterocycles. The number of fused-ring (bicyclic) bond motifs is 1. The van der Waals surface area contributed by atoms with Crippen molar-refractivity contribution in [3.05, 3.63) is 114 Å². The fourth-order valence-corrected chi connectivity index (χ4v) is 5.57. The van der Waals surface area contributed by atoms with Gasteiger partial charge in [0.2, 0.25) is 0 Å². The van der Waals surface area contributed by atoms with Gasteiger partial charge in [0, 0.05) is 23.5 Å². The molecule has 2 aromatic carbocycles. The van der Waals surface area contributed by atoms with Crippen molar-refractivity contribution in [2.24, 2.45) is 4.99 Å². The molecule has 1 aliphatic rings. The Hall–Kier alpha value is -4.04. The quantitative estimate of drug-likeness (QED) is 0.457. The maximum absolute atomic E-state index is 13.8. The number of nitrogens with one attached hydrogen (secondary N) is 1. The van der Waals surface area contributed by atoms with Crippen LogP contribution in [0.2, 0.25) is 0 Å². The molecule has 1 amide bonds. The van der Waals surface area contributed by atoms with E-state index in [0.29, 0.717) is 20.6 Å². The Morgan fingerprint density at radius 1 is 1.08 bits per heavy atom. The molecular formula is C28H27N5O2S. The number of thiazole rings is 1. The number of carbonyl (C=O) groups excluding carboxylic acids is 1. The molecule has 0 saturated carbocycles. The first-order valence-electron chi connectivity index (χ1n) is 11.9. The van der Waals surface area contributed by atoms with E-state index in [4.69, 9.17) is 4.99 Å². The van der Waals surface area contributed by atoms with Crippen molar-refractivity contribution >= 4 is 29.0 Å². The summed E-state index contributed by atoms with van der Waals surface area (Å²) in [6.07, 6.45) is 3.64. The average molecular weight is 498 g/mol. The third-order valence-electron chi connectivity index (χ3n) is 6.50. The molecule has 5 rings (SSSR count). The lowest BCUT2D eigenvalue weighted by atomic mass is 9.95. The molecule has 0 saturated heterocycles. The Labute approximate surface area is 212 Å². The lowest BCUT2D eigenvalue weighted by Crippen LogP contribution is -2.40. The van der Waals surface area contributed by atoms with Gasteiger partial charge in [-0.05, 0) is 51.0 Å². The van der Waals surface area contributed by atoms with Gasteiger partial charge >= 0.3 is 0 Å². The summed E-state index contributed by atoms with van der Waals surface area (Å²) in [7, 11) is 0. The number of hydrogen-bond acceptors (Lipinski definition) is 5. The van der Waals surface area contributed by atoms with Crippen molar-refractivity contribution in [1.29, 1.82) is 0 Å². The molecule has 0 bridgehead atoms. The number of benzene rings is 2. The number of rotatable bonds is 5. The summed E-state index contributed by atoms with van der Waals surface area (Å²) in [5.74, 6) is -0.270. The van der Waals surface area contributed by atoms with E-state index in [-0.39, 0.29) is 11.5 Å². The van der Waals surface area contributed by atoms with E-state index in [1.807, 2.05) is 93.1 Å². The Morgan fingerprint density at radius 3 is 2.50 bits per heavy atom. The lowest BCUT2D eigenvalue weighted by Gasteiger charge is -2.25. The highest BCUT2D eigenvalue weighted by atomic mass is 32.1. The molecule has 2 aromatic heterocycles. The number of aryl methyl sites for hydroxylation is 2. The molecule has 1 atom stereocenters.